The highest BCUT2D eigenvalue weighted by molar-refractivity contribution is 7.89. The first-order chi connectivity index (χ1) is 13.4. The number of piperazine rings is 1. The highest BCUT2D eigenvalue weighted by Gasteiger charge is 2.28. The molecule has 7 heteroatoms. The average Bonchev–Trinajstić information content (AvgIpc) is 2.73. The summed E-state index contributed by atoms with van der Waals surface area (Å²) in [5.74, 6) is 0.0397. The zero-order chi connectivity index (χ0) is 19.7. The number of fused-ring (bicyclic) bond motifs is 1. The third-order valence-electron chi connectivity index (χ3n) is 5.14. The molecule has 3 aromatic rings. The molecule has 0 saturated carbocycles. The number of sulfonamides is 1. The van der Waals surface area contributed by atoms with E-state index in [1.54, 1.807) is 16.4 Å². The number of anilines is 1. The largest absolute Gasteiger partial charge is 0.384 e. The van der Waals surface area contributed by atoms with Gasteiger partial charge in [0.2, 0.25) is 10.0 Å². The van der Waals surface area contributed by atoms with Crippen LogP contribution in [0.3, 0.4) is 0 Å². The summed E-state index contributed by atoms with van der Waals surface area (Å²) in [6.07, 6.45) is 0. The Bertz CT molecular complexity index is 1120. The molecule has 0 amide bonds. The smallest absolute Gasteiger partial charge is 0.243 e. The minimum Gasteiger partial charge on any atom is -0.384 e. The van der Waals surface area contributed by atoms with Gasteiger partial charge < -0.3 is 10.6 Å². The number of nitrogen functional groups attached to an aromatic ring is 1. The lowest BCUT2D eigenvalue weighted by molar-refractivity contribution is 0.385. The Labute approximate surface area is 164 Å². The number of nitrogens with two attached hydrogens (primary N) is 1. The molecular weight excluding hydrogens is 372 g/mol. The lowest BCUT2D eigenvalue weighted by Crippen LogP contribution is -2.48. The number of hydrogen-bond acceptors (Lipinski definition) is 4. The minimum atomic E-state index is -3.52. The molecular formula is C21H22N4O2S. The lowest BCUT2D eigenvalue weighted by atomic mass is 10.1. The maximum absolute atomic E-state index is 13.1. The molecule has 1 aliphatic heterocycles. The van der Waals surface area contributed by atoms with Crippen LogP contribution in [0.25, 0.3) is 10.8 Å². The van der Waals surface area contributed by atoms with Crippen molar-refractivity contribution in [1.82, 2.24) is 4.31 Å². The molecule has 1 saturated heterocycles. The molecule has 28 heavy (non-hydrogen) atoms. The van der Waals surface area contributed by atoms with Crippen molar-refractivity contribution in [2.24, 2.45) is 5.73 Å². The predicted octanol–water partition coefficient (Wildman–Crippen LogP) is 2.63. The maximum Gasteiger partial charge on any atom is 0.243 e. The molecule has 1 heterocycles. The molecule has 0 radical (unpaired) electrons. The zero-order valence-electron chi connectivity index (χ0n) is 15.4. The van der Waals surface area contributed by atoms with Crippen molar-refractivity contribution >= 4 is 32.3 Å². The van der Waals surface area contributed by atoms with E-state index in [-0.39, 0.29) is 5.84 Å². The number of rotatable bonds is 4. The Morgan fingerprint density at radius 3 is 2.14 bits per heavy atom. The molecule has 0 aliphatic carbocycles. The van der Waals surface area contributed by atoms with Crippen LogP contribution in [0.15, 0.2) is 71.6 Å². The molecule has 1 aliphatic rings. The number of benzene rings is 3. The Hall–Kier alpha value is -2.90. The van der Waals surface area contributed by atoms with E-state index in [2.05, 4.69) is 4.90 Å². The lowest BCUT2D eigenvalue weighted by Gasteiger charge is -2.35. The second-order valence-corrected chi connectivity index (χ2v) is 8.80. The maximum atomic E-state index is 13.1. The summed E-state index contributed by atoms with van der Waals surface area (Å²) in [5, 5.41) is 9.42. The Kier molecular flexibility index (Phi) is 4.78. The summed E-state index contributed by atoms with van der Waals surface area (Å²) in [7, 11) is -3.52. The van der Waals surface area contributed by atoms with Gasteiger partial charge in [0.15, 0.2) is 0 Å². The van der Waals surface area contributed by atoms with E-state index in [9.17, 15) is 8.42 Å². The van der Waals surface area contributed by atoms with Crippen LogP contribution in [-0.2, 0) is 10.0 Å². The van der Waals surface area contributed by atoms with Gasteiger partial charge in [0.25, 0.3) is 0 Å². The normalized spacial score (nSPS) is 15.6. The summed E-state index contributed by atoms with van der Waals surface area (Å²) in [6.45, 7) is 2.10. The van der Waals surface area contributed by atoms with Gasteiger partial charge in [0.1, 0.15) is 5.84 Å². The summed E-state index contributed by atoms with van der Waals surface area (Å²) < 4.78 is 27.7. The first kappa shape index (κ1) is 18.5. The first-order valence-electron chi connectivity index (χ1n) is 9.13. The molecule has 3 aromatic carbocycles. The van der Waals surface area contributed by atoms with Crippen molar-refractivity contribution in [3.05, 3.63) is 72.3 Å². The van der Waals surface area contributed by atoms with Crippen LogP contribution in [0.1, 0.15) is 5.56 Å². The van der Waals surface area contributed by atoms with Crippen molar-refractivity contribution in [3.63, 3.8) is 0 Å². The fourth-order valence-corrected chi connectivity index (χ4v) is 4.97. The monoisotopic (exact) mass is 394 g/mol. The van der Waals surface area contributed by atoms with Gasteiger partial charge >= 0.3 is 0 Å². The van der Waals surface area contributed by atoms with Gasteiger partial charge in [-0.25, -0.2) is 8.42 Å². The zero-order valence-corrected chi connectivity index (χ0v) is 16.2. The standard InChI is InChI=1S/C21H22N4O2S/c22-21(23)17-5-8-19(9-6-17)24-11-13-25(14-12-24)28(26,27)20-10-7-16-3-1-2-4-18(16)15-20/h1-10,15H,11-14H2,(H3,22,23). The first-order valence-corrected chi connectivity index (χ1v) is 10.6. The third kappa shape index (κ3) is 3.46. The molecule has 144 valence electrons. The van der Waals surface area contributed by atoms with Crippen molar-refractivity contribution in [3.8, 4) is 0 Å². The summed E-state index contributed by atoms with van der Waals surface area (Å²) in [5.41, 5.74) is 7.18. The quantitative estimate of drug-likeness (QED) is 0.526. The Morgan fingerprint density at radius 2 is 1.50 bits per heavy atom. The highest BCUT2D eigenvalue weighted by atomic mass is 32.2. The van der Waals surface area contributed by atoms with Crippen LogP contribution in [0.5, 0.6) is 0 Å². The average molecular weight is 395 g/mol. The molecule has 4 rings (SSSR count). The molecule has 0 spiro atoms. The van der Waals surface area contributed by atoms with E-state index in [0.717, 1.165) is 16.5 Å². The fraction of sp³-hybridized carbons (Fsp3) is 0.190. The van der Waals surface area contributed by atoms with Crippen LogP contribution in [0.4, 0.5) is 5.69 Å². The van der Waals surface area contributed by atoms with Crippen molar-refractivity contribution in [2.75, 3.05) is 31.1 Å². The summed E-state index contributed by atoms with van der Waals surface area (Å²) >= 11 is 0. The van der Waals surface area contributed by atoms with E-state index in [4.69, 9.17) is 11.1 Å². The van der Waals surface area contributed by atoms with Gasteiger partial charge in [-0.1, -0.05) is 30.3 Å². The van der Waals surface area contributed by atoms with Crippen LogP contribution in [-0.4, -0.2) is 44.7 Å². The van der Waals surface area contributed by atoms with Crippen molar-refractivity contribution in [2.45, 2.75) is 4.90 Å². The van der Waals surface area contributed by atoms with Crippen LogP contribution >= 0.6 is 0 Å². The fourth-order valence-electron chi connectivity index (χ4n) is 3.52. The third-order valence-corrected chi connectivity index (χ3v) is 7.04. The van der Waals surface area contributed by atoms with E-state index < -0.39 is 10.0 Å². The summed E-state index contributed by atoms with van der Waals surface area (Å²) in [6, 6.07) is 20.5. The van der Waals surface area contributed by atoms with Gasteiger partial charge in [-0.3, -0.25) is 5.41 Å². The molecule has 1 fully saturated rings. The van der Waals surface area contributed by atoms with Gasteiger partial charge in [-0.05, 0) is 47.2 Å². The van der Waals surface area contributed by atoms with Gasteiger partial charge in [-0.15, -0.1) is 0 Å². The molecule has 3 N–H and O–H groups in total. The molecule has 0 unspecified atom stereocenters. The number of amidine groups is 1. The summed E-state index contributed by atoms with van der Waals surface area (Å²) in [4.78, 5) is 2.49. The van der Waals surface area contributed by atoms with Crippen LogP contribution in [0, 0.1) is 5.41 Å². The minimum absolute atomic E-state index is 0.0397. The molecule has 0 aromatic heterocycles. The number of nitrogens with one attached hydrogen (secondary N) is 1. The van der Waals surface area contributed by atoms with Crippen molar-refractivity contribution in [1.29, 1.82) is 5.41 Å². The van der Waals surface area contributed by atoms with Crippen molar-refractivity contribution < 1.29 is 8.42 Å². The van der Waals surface area contributed by atoms with Gasteiger partial charge in [0.05, 0.1) is 4.90 Å². The van der Waals surface area contributed by atoms with Crippen LogP contribution < -0.4 is 10.6 Å². The second kappa shape index (κ2) is 7.26. The number of nitrogens with zero attached hydrogens (tertiary/aromatic N) is 2. The number of hydrogen-bond donors (Lipinski definition) is 2. The SMILES string of the molecule is N=C(N)c1ccc(N2CCN(S(=O)(=O)c3ccc4ccccc4c3)CC2)cc1. The van der Waals surface area contributed by atoms with E-state index >= 15 is 0 Å². The van der Waals surface area contributed by atoms with Gasteiger partial charge in [-0.2, -0.15) is 4.31 Å². The highest BCUT2D eigenvalue weighted by Crippen LogP contribution is 2.24. The molecule has 0 bridgehead atoms. The Balaban J connectivity index is 1.49. The van der Waals surface area contributed by atoms with E-state index in [1.165, 1.54) is 0 Å². The van der Waals surface area contributed by atoms with Crippen LogP contribution in [0.2, 0.25) is 0 Å². The molecule has 6 nitrogen and oxygen atoms in total. The predicted molar refractivity (Wildman–Crippen MR) is 112 cm³/mol. The van der Waals surface area contributed by atoms with Gasteiger partial charge in [0, 0.05) is 37.4 Å². The van der Waals surface area contributed by atoms with E-state index in [0.29, 0.717) is 36.6 Å². The van der Waals surface area contributed by atoms with E-state index in [1.807, 2.05) is 54.6 Å². The second-order valence-electron chi connectivity index (χ2n) is 6.86. The molecule has 0 atom stereocenters. The topological polar surface area (TPSA) is 90.5 Å². The Morgan fingerprint density at radius 1 is 0.857 bits per heavy atom.